The molecule has 1 fully saturated rings. The fourth-order valence-electron chi connectivity index (χ4n) is 3.71. The molecule has 2 heterocycles. The monoisotopic (exact) mass is 443 g/mol. The Hall–Kier alpha value is -3.40. The minimum atomic E-state index is -0.535. The molecule has 0 aromatic heterocycles. The van der Waals surface area contributed by atoms with Gasteiger partial charge < -0.3 is 31.7 Å². The van der Waals surface area contributed by atoms with E-state index in [0.29, 0.717) is 42.9 Å². The molecule has 2 aliphatic heterocycles. The Balaban J connectivity index is 1.91. The molecule has 3 rings (SSSR count). The minimum Gasteiger partial charge on any atom is -0.404 e. The molecular formula is C22H30FN7O2. The Labute approximate surface area is 187 Å². The van der Waals surface area contributed by atoms with Gasteiger partial charge in [0.25, 0.3) is 0 Å². The first-order valence-electron chi connectivity index (χ1n) is 10.5. The third kappa shape index (κ3) is 5.44. The van der Waals surface area contributed by atoms with Crippen molar-refractivity contribution in [2.45, 2.75) is 18.9 Å². The van der Waals surface area contributed by atoms with Crippen molar-refractivity contribution in [2.24, 2.45) is 21.5 Å². The number of aliphatic imine (C=N–C) groups is 2. The number of benzene rings is 1. The van der Waals surface area contributed by atoms with Crippen molar-refractivity contribution < 1.29 is 13.9 Å². The van der Waals surface area contributed by atoms with Gasteiger partial charge in [-0.1, -0.05) is 6.07 Å². The summed E-state index contributed by atoms with van der Waals surface area (Å²) in [6.07, 6.45) is 4.40. The van der Waals surface area contributed by atoms with E-state index in [2.05, 4.69) is 20.6 Å². The summed E-state index contributed by atoms with van der Waals surface area (Å²) in [4.78, 5) is 22.1. The van der Waals surface area contributed by atoms with E-state index in [1.54, 1.807) is 37.3 Å². The molecule has 172 valence electrons. The summed E-state index contributed by atoms with van der Waals surface area (Å²) in [5.74, 6) is -0.371. The molecule has 32 heavy (non-hydrogen) atoms. The van der Waals surface area contributed by atoms with Gasteiger partial charge in [0.15, 0.2) is 0 Å². The number of nitrogens with two attached hydrogens (primary N) is 2. The maximum absolute atomic E-state index is 14.8. The van der Waals surface area contributed by atoms with Crippen molar-refractivity contribution in [3.63, 3.8) is 0 Å². The molecule has 1 saturated heterocycles. The Morgan fingerprint density at radius 3 is 2.84 bits per heavy atom. The molecule has 6 N–H and O–H groups in total. The van der Waals surface area contributed by atoms with Gasteiger partial charge in [-0.15, -0.1) is 0 Å². The number of carbonyl (C=O) groups excluding carboxylic acids is 1. The lowest BCUT2D eigenvalue weighted by atomic mass is 10.0. The first kappa shape index (κ1) is 23.3. The van der Waals surface area contributed by atoms with Crippen LogP contribution in [0.3, 0.4) is 0 Å². The Kier molecular flexibility index (Phi) is 7.82. The summed E-state index contributed by atoms with van der Waals surface area (Å²) in [6, 6.07) is 4.57. The van der Waals surface area contributed by atoms with E-state index in [9.17, 15) is 9.18 Å². The maximum Gasteiger partial charge on any atom is 0.317 e. The molecule has 2 amide bonds. The van der Waals surface area contributed by atoms with Crippen molar-refractivity contribution in [3.8, 4) is 0 Å². The zero-order chi connectivity index (χ0) is 23.1. The average molecular weight is 444 g/mol. The van der Waals surface area contributed by atoms with Crippen LogP contribution in [0.2, 0.25) is 0 Å². The maximum atomic E-state index is 14.8. The Bertz CT molecular complexity index is 965. The summed E-state index contributed by atoms with van der Waals surface area (Å²) in [6.45, 7) is 2.13. The van der Waals surface area contributed by atoms with Crippen LogP contribution in [0.4, 0.5) is 14.9 Å². The van der Waals surface area contributed by atoms with E-state index in [4.69, 9.17) is 16.2 Å². The number of amides is 2. The SMILES string of the molecule is CN=CC(=CN)c1ccc(N=C(N)C2=C(N[C@H]3CCOC3)CCN(C(=O)NC)C2)c(F)c1. The van der Waals surface area contributed by atoms with E-state index in [1.165, 1.54) is 12.3 Å². The van der Waals surface area contributed by atoms with Crippen molar-refractivity contribution in [2.75, 3.05) is 40.4 Å². The number of nitrogens with one attached hydrogen (secondary N) is 2. The number of ether oxygens (including phenoxy) is 1. The molecule has 10 heteroatoms. The van der Waals surface area contributed by atoms with Crippen LogP contribution in [-0.2, 0) is 4.74 Å². The van der Waals surface area contributed by atoms with E-state index >= 15 is 0 Å². The fraction of sp³-hybridized carbons (Fsp3) is 0.409. The van der Waals surface area contributed by atoms with Gasteiger partial charge in [0, 0.05) is 62.9 Å². The number of halogens is 1. The molecule has 0 spiro atoms. The highest BCUT2D eigenvalue weighted by Crippen LogP contribution is 2.25. The molecule has 0 bridgehead atoms. The molecule has 0 unspecified atom stereocenters. The highest BCUT2D eigenvalue weighted by atomic mass is 19.1. The fourth-order valence-corrected chi connectivity index (χ4v) is 3.71. The number of carbonyl (C=O) groups is 1. The third-order valence-electron chi connectivity index (χ3n) is 5.43. The summed E-state index contributed by atoms with van der Waals surface area (Å²) in [5.41, 5.74) is 14.8. The normalized spacial score (nSPS) is 20.2. The minimum absolute atomic E-state index is 0.101. The molecule has 0 aliphatic carbocycles. The van der Waals surface area contributed by atoms with Crippen molar-refractivity contribution in [1.29, 1.82) is 0 Å². The van der Waals surface area contributed by atoms with Gasteiger partial charge >= 0.3 is 6.03 Å². The third-order valence-corrected chi connectivity index (χ3v) is 5.43. The van der Waals surface area contributed by atoms with Crippen LogP contribution in [-0.4, -0.2) is 69.4 Å². The van der Waals surface area contributed by atoms with E-state index in [0.717, 1.165) is 12.1 Å². The first-order valence-corrected chi connectivity index (χ1v) is 10.5. The van der Waals surface area contributed by atoms with Gasteiger partial charge in [0.1, 0.15) is 17.3 Å². The van der Waals surface area contributed by atoms with E-state index in [1.807, 2.05) is 0 Å². The molecule has 9 nitrogen and oxygen atoms in total. The quantitative estimate of drug-likeness (QED) is 0.391. The van der Waals surface area contributed by atoms with Gasteiger partial charge in [-0.3, -0.25) is 4.99 Å². The molecule has 2 aliphatic rings. The van der Waals surface area contributed by atoms with Crippen molar-refractivity contribution >= 4 is 29.3 Å². The zero-order valence-electron chi connectivity index (χ0n) is 18.4. The lowest BCUT2D eigenvalue weighted by Gasteiger charge is -2.32. The summed E-state index contributed by atoms with van der Waals surface area (Å²) < 4.78 is 20.2. The molecule has 0 saturated carbocycles. The van der Waals surface area contributed by atoms with E-state index in [-0.39, 0.29) is 30.1 Å². The van der Waals surface area contributed by atoms with Crippen LogP contribution < -0.4 is 22.1 Å². The smallest absolute Gasteiger partial charge is 0.317 e. The second kappa shape index (κ2) is 10.8. The predicted octanol–water partition coefficient (Wildman–Crippen LogP) is 1.49. The number of allylic oxidation sites excluding steroid dienone is 1. The number of amidine groups is 1. The molecule has 1 aromatic carbocycles. The standard InChI is InChI=1S/C22H30FN7O2/c1-26-11-15(10-24)14-3-4-20(18(23)9-14)29-21(25)17-12-30(22(31)27-2)7-5-19(17)28-16-6-8-32-13-16/h3-4,9-11,16,28H,5-8,12-13,24H2,1-2H3,(H2,25,29)(H,27,31)/t16-/m0/s1. The lowest BCUT2D eigenvalue weighted by Crippen LogP contribution is -2.46. The first-order chi connectivity index (χ1) is 15.5. The lowest BCUT2D eigenvalue weighted by molar-refractivity contribution is 0.189. The highest BCUT2D eigenvalue weighted by Gasteiger charge is 2.27. The van der Waals surface area contributed by atoms with E-state index < -0.39 is 5.82 Å². The van der Waals surface area contributed by atoms with Gasteiger partial charge in [-0.05, 0) is 24.1 Å². The summed E-state index contributed by atoms with van der Waals surface area (Å²) >= 11 is 0. The Morgan fingerprint density at radius 2 is 2.22 bits per heavy atom. The number of nitrogens with zero attached hydrogens (tertiary/aromatic N) is 3. The number of hydrogen-bond donors (Lipinski definition) is 4. The summed E-state index contributed by atoms with van der Waals surface area (Å²) in [7, 11) is 3.19. The molecular weight excluding hydrogens is 413 g/mol. The number of hydrogen-bond acceptors (Lipinski definition) is 6. The van der Waals surface area contributed by atoms with Crippen LogP contribution >= 0.6 is 0 Å². The molecule has 1 atom stereocenters. The number of rotatable bonds is 6. The second-order valence-corrected chi connectivity index (χ2v) is 7.56. The van der Waals surface area contributed by atoms with Gasteiger partial charge in [-0.25, -0.2) is 14.2 Å². The topological polar surface area (TPSA) is 130 Å². The summed E-state index contributed by atoms with van der Waals surface area (Å²) in [5, 5.41) is 6.11. The van der Waals surface area contributed by atoms with Crippen LogP contribution in [0.1, 0.15) is 18.4 Å². The van der Waals surface area contributed by atoms with Gasteiger partial charge in [-0.2, -0.15) is 0 Å². The highest BCUT2D eigenvalue weighted by molar-refractivity contribution is 6.09. The number of urea groups is 1. The van der Waals surface area contributed by atoms with Crippen molar-refractivity contribution in [3.05, 3.63) is 47.0 Å². The largest absolute Gasteiger partial charge is 0.404 e. The Morgan fingerprint density at radius 1 is 1.41 bits per heavy atom. The van der Waals surface area contributed by atoms with Gasteiger partial charge in [0.2, 0.25) is 0 Å². The van der Waals surface area contributed by atoms with Crippen LogP contribution in [0.5, 0.6) is 0 Å². The van der Waals surface area contributed by atoms with Gasteiger partial charge in [0.05, 0.1) is 19.2 Å². The molecule has 0 radical (unpaired) electrons. The average Bonchev–Trinajstić information content (AvgIpc) is 3.31. The zero-order valence-corrected chi connectivity index (χ0v) is 18.4. The van der Waals surface area contributed by atoms with Crippen molar-refractivity contribution in [1.82, 2.24) is 15.5 Å². The predicted molar refractivity (Wildman–Crippen MR) is 124 cm³/mol. The van der Waals surface area contributed by atoms with Crippen LogP contribution in [0, 0.1) is 5.82 Å². The second-order valence-electron chi connectivity index (χ2n) is 7.56. The molecule has 1 aromatic rings. The van der Waals surface area contributed by atoms with Crippen LogP contribution in [0.25, 0.3) is 5.57 Å². The van der Waals surface area contributed by atoms with Crippen LogP contribution in [0.15, 0.2) is 45.7 Å².